The van der Waals surface area contributed by atoms with Gasteiger partial charge in [-0.2, -0.15) is 0 Å². The zero-order chi connectivity index (χ0) is 36.7. The summed E-state index contributed by atoms with van der Waals surface area (Å²) in [5.41, 5.74) is 1.66. The Morgan fingerprint density at radius 3 is 1.78 bits per heavy atom. The molecule has 10 heteroatoms. The number of hydrogen-bond donors (Lipinski definition) is 3. The van der Waals surface area contributed by atoms with Crippen LogP contribution in [0, 0.1) is 11.3 Å². The van der Waals surface area contributed by atoms with E-state index in [4.69, 9.17) is 0 Å². The molecule has 0 radical (unpaired) electrons. The maximum absolute atomic E-state index is 14.2. The standard InChI is InChI=1S/C39H52N4O5S/c1-26(2)32(25-27(3)35(44)42-49(47,48)31-23-21-29(22-24-31)28-17-13-11-14-18-28)43(10)37(46)34(38(4,5)6)41-36(45)33(40-9)39(7,8)30-19-15-12-16-20-30/h11-26,32-34,40H,1-10H3,(H,41,45)(H,42,44). The second-order valence-electron chi connectivity index (χ2n) is 14.5. The van der Waals surface area contributed by atoms with Crippen LogP contribution in [0.5, 0.6) is 0 Å². The third-order valence-electron chi connectivity index (χ3n) is 8.95. The second-order valence-corrected chi connectivity index (χ2v) is 16.2. The molecule has 49 heavy (non-hydrogen) atoms. The number of sulfonamides is 1. The lowest BCUT2D eigenvalue weighted by atomic mass is 9.76. The average Bonchev–Trinajstić information content (AvgIpc) is 3.05. The van der Waals surface area contributed by atoms with Gasteiger partial charge in [0.2, 0.25) is 11.8 Å². The van der Waals surface area contributed by atoms with E-state index in [0.29, 0.717) is 0 Å². The van der Waals surface area contributed by atoms with Crippen LogP contribution >= 0.6 is 0 Å². The van der Waals surface area contributed by atoms with Crippen molar-refractivity contribution in [2.24, 2.45) is 11.3 Å². The Balaban J connectivity index is 1.81. The minimum Gasteiger partial charge on any atom is -0.342 e. The van der Waals surface area contributed by atoms with Crippen molar-refractivity contribution in [3.05, 3.63) is 102 Å². The highest BCUT2D eigenvalue weighted by molar-refractivity contribution is 7.90. The first-order valence-corrected chi connectivity index (χ1v) is 18.0. The minimum atomic E-state index is -4.16. The summed E-state index contributed by atoms with van der Waals surface area (Å²) < 4.78 is 28.4. The first-order chi connectivity index (χ1) is 22.8. The van der Waals surface area contributed by atoms with Crippen molar-refractivity contribution in [1.82, 2.24) is 20.3 Å². The van der Waals surface area contributed by atoms with Crippen molar-refractivity contribution in [3.8, 4) is 11.1 Å². The lowest BCUT2D eigenvalue weighted by Gasteiger charge is -2.40. The largest absolute Gasteiger partial charge is 0.342 e. The summed E-state index contributed by atoms with van der Waals surface area (Å²) in [6.45, 7) is 15.0. The molecule has 3 aromatic rings. The molecule has 0 aliphatic rings. The molecule has 0 aliphatic carbocycles. The summed E-state index contributed by atoms with van der Waals surface area (Å²) in [6, 6.07) is 23.5. The summed E-state index contributed by atoms with van der Waals surface area (Å²) in [4.78, 5) is 42.7. The molecule has 3 aromatic carbocycles. The summed E-state index contributed by atoms with van der Waals surface area (Å²) >= 11 is 0. The molecule has 0 aliphatic heterocycles. The van der Waals surface area contributed by atoms with Gasteiger partial charge in [-0.1, -0.05) is 127 Å². The Labute approximate surface area is 292 Å². The zero-order valence-electron chi connectivity index (χ0n) is 30.4. The van der Waals surface area contributed by atoms with E-state index in [-0.39, 0.29) is 28.2 Å². The van der Waals surface area contributed by atoms with Gasteiger partial charge in [-0.3, -0.25) is 14.4 Å². The van der Waals surface area contributed by atoms with Gasteiger partial charge in [0.25, 0.3) is 15.9 Å². The summed E-state index contributed by atoms with van der Waals surface area (Å²) in [5.74, 6) is -1.58. The van der Waals surface area contributed by atoms with Crippen LogP contribution in [0.1, 0.15) is 61.0 Å². The maximum atomic E-state index is 14.2. The molecule has 0 aromatic heterocycles. The van der Waals surface area contributed by atoms with Gasteiger partial charge >= 0.3 is 0 Å². The Morgan fingerprint density at radius 1 is 0.776 bits per heavy atom. The molecule has 3 amide bonds. The number of carbonyl (C=O) groups is 3. The first kappa shape index (κ1) is 39.2. The number of rotatable bonds is 13. The van der Waals surface area contributed by atoms with Gasteiger partial charge in [0.15, 0.2) is 0 Å². The zero-order valence-corrected chi connectivity index (χ0v) is 31.2. The van der Waals surface area contributed by atoms with E-state index in [9.17, 15) is 22.8 Å². The van der Waals surface area contributed by atoms with Crippen LogP contribution in [0.2, 0.25) is 0 Å². The SMILES string of the molecule is CNC(C(=O)NC(C(=O)N(C)C(C=C(C)C(=O)NS(=O)(=O)c1ccc(-c2ccccc2)cc1)C(C)C)C(C)(C)C)C(C)(C)c1ccccc1. The molecule has 3 rings (SSSR count). The van der Waals surface area contributed by atoms with E-state index >= 15 is 0 Å². The van der Waals surface area contributed by atoms with Gasteiger partial charge in [0.1, 0.15) is 6.04 Å². The Bertz CT molecular complexity index is 1730. The van der Waals surface area contributed by atoms with Gasteiger partial charge < -0.3 is 15.5 Å². The second kappa shape index (κ2) is 16.0. The quantitative estimate of drug-likeness (QED) is 0.199. The Hall–Kier alpha value is -4.28. The number of nitrogens with zero attached hydrogens (tertiary/aromatic N) is 1. The van der Waals surface area contributed by atoms with E-state index in [2.05, 4.69) is 15.4 Å². The summed E-state index contributed by atoms with van der Waals surface area (Å²) in [5, 5.41) is 6.17. The summed E-state index contributed by atoms with van der Waals surface area (Å²) in [7, 11) is -0.802. The average molecular weight is 689 g/mol. The van der Waals surface area contributed by atoms with E-state index in [0.717, 1.165) is 16.7 Å². The molecule has 264 valence electrons. The fraction of sp³-hybridized carbons (Fsp3) is 0.410. The van der Waals surface area contributed by atoms with Gasteiger partial charge in [0, 0.05) is 18.0 Å². The number of hydrogen-bond acceptors (Lipinski definition) is 6. The van der Waals surface area contributed by atoms with Crippen LogP contribution in [0.25, 0.3) is 11.1 Å². The topological polar surface area (TPSA) is 125 Å². The van der Waals surface area contributed by atoms with Crippen LogP contribution in [0.4, 0.5) is 0 Å². The highest BCUT2D eigenvalue weighted by Gasteiger charge is 2.41. The molecule has 0 saturated heterocycles. The molecular weight excluding hydrogens is 637 g/mol. The van der Waals surface area contributed by atoms with E-state index in [1.807, 2.05) is 109 Å². The third kappa shape index (κ3) is 9.67. The van der Waals surface area contributed by atoms with Crippen LogP contribution in [-0.2, 0) is 29.8 Å². The number of amides is 3. The van der Waals surface area contributed by atoms with Crippen LogP contribution in [0.3, 0.4) is 0 Å². The predicted molar refractivity (Wildman–Crippen MR) is 196 cm³/mol. The number of benzene rings is 3. The van der Waals surface area contributed by atoms with Crippen molar-refractivity contribution in [3.63, 3.8) is 0 Å². The minimum absolute atomic E-state index is 0.0416. The molecule has 3 N–H and O–H groups in total. The van der Waals surface area contributed by atoms with Crippen molar-refractivity contribution >= 4 is 27.7 Å². The predicted octanol–water partition coefficient (Wildman–Crippen LogP) is 5.68. The fourth-order valence-corrected chi connectivity index (χ4v) is 6.90. The van der Waals surface area contributed by atoms with Crippen molar-refractivity contribution in [1.29, 1.82) is 0 Å². The molecule has 0 fully saturated rings. The van der Waals surface area contributed by atoms with Crippen LogP contribution < -0.4 is 15.4 Å². The van der Waals surface area contributed by atoms with Gasteiger partial charge in [-0.05, 0) is 54.1 Å². The highest BCUT2D eigenvalue weighted by Crippen LogP contribution is 2.29. The Kier molecular flexibility index (Phi) is 12.8. The van der Waals surface area contributed by atoms with Crippen molar-refractivity contribution < 1.29 is 22.8 Å². The van der Waals surface area contributed by atoms with Gasteiger partial charge in [-0.15, -0.1) is 0 Å². The molecule has 0 heterocycles. The number of likely N-dealkylation sites (N-methyl/N-ethyl adjacent to an activating group) is 2. The maximum Gasteiger partial charge on any atom is 0.264 e. The molecule has 0 saturated carbocycles. The van der Waals surface area contributed by atoms with E-state index in [1.54, 1.807) is 32.3 Å². The fourth-order valence-electron chi connectivity index (χ4n) is 5.88. The van der Waals surface area contributed by atoms with Crippen LogP contribution in [-0.4, -0.2) is 63.3 Å². The number of carbonyl (C=O) groups excluding carboxylic acids is 3. The van der Waals surface area contributed by atoms with Gasteiger partial charge in [0.05, 0.1) is 17.0 Å². The molecule has 0 bridgehead atoms. The molecule has 0 spiro atoms. The monoisotopic (exact) mass is 688 g/mol. The smallest absolute Gasteiger partial charge is 0.264 e. The first-order valence-electron chi connectivity index (χ1n) is 16.5. The van der Waals surface area contributed by atoms with Crippen molar-refractivity contribution in [2.75, 3.05) is 14.1 Å². The molecule has 3 unspecified atom stereocenters. The molecule has 9 nitrogen and oxygen atoms in total. The van der Waals surface area contributed by atoms with Gasteiger partial charge in [-0.25, -0.2) is 13.1 Å². The van der Waals surface area contributed by atoms with Crippen LogP contribution in [0.15, 0.2) is 101 Å². The highest BCUT2D eigenvalue weighted by atomic mass is 32.2. The van der Waals surface area contributed by atoms with E-state index in [1.165, 1.54) is 24.0 Å². The lowest BCUT2D eigenvalue weighted by Crippen LogP contribution is -2.61. The van der Waals surface area contributed by atoms with E-state index < -0.39 is 44.9 Å². The Morgan fingerprint density at radius 2 is 1.29 bits per heavy atom. The summed E-state index contributed by atoms with van der Waals surface area (Å²) in [6.07, 6.45) is 1.60. The lowest BCUT2D eigenvalue weighted by molar-refractivity contribution is -0.140. The third-order valence-corrected chi connectivity index (χ3v) is 10.3. The van der Waals surface area contributed by atoms with Crippen molar-refractivity contribution in [2.45, 2.75) is 83.8 Å². The molecule has 3 atom stereocenters. The normalized spacial score (nSPS) is 14.5. The number of nitrogens with one attached hydrogen (secondary N) is 3. The molecular formula is C39H52N4O5S.